The van der Waals surface area contributed by atoms with Gasteiger partial charge in [-0.2, -0.15) is 0 Å². The van der Waals surface area contributed by atoms with Crippen molar-refractivity contribution in [1.82, 2.24) is 4.98 Å². The number of fused-ring (bicyclic) bond motifs is 1. The van der Waals surface area contributed by atoms with E-state index in [2.05, 4.69) is 41.4 Å². The maximum Gasteiger partial charge on any atom is 0.103 e. The molecule has 0 saturated heterocycles. The van der Waals surface area contributed by atoms with Crippen LogP contribution in [0.25, 0.3) is 0 Å². The van der Waals surface area contributed by atoms with Crippen molar-refractivity contribution < 1.29 is 0 Å². The van der Waals surface area contributed by atoms with Crippen molar-refractivity contribution in [2.45, 2.75) is 38.5 Å². The fourth-order valence-electron chi connectivity index (χ4n) is 2.98. The van der Waals surface area contributed by atoms with E-state index in [9.17, 15) is 0 Å². The van der Waals surface area contributed by atoms with E-state index in [0.29, 0.717) is 0 Å². The maximum atomic E-state index is 5.36. The molecular weight excluding hydrogens is 250 g/mol. The number of aromatic nitrogens is 1. The molecule has 1 N–H and O–H groups in total. The van der Waals surface area contributed by atoms with Crippen LogP contribution in [0.4, 0.5) is 0 Å². The van der Waals surface area contributed by atoms with Crippen LogP contribution in [-0.4, -0.2) is 4.98 Å². The van der Waals surface area contributed by atoms with Gasteiger partial charge in [0.1, 0.15) is 4.64 Å². The number of hydrogen-bond acceptors (Lipinski definition) is 1. The van der Waals surface area contributed by atoms with Crippen molar-refractivity contribution in [1.29, 1.82) is 0 Å². The highest BCUT2D eigenvalue weighted by Crippen LogP contribution is 2.24. The summed E-state index contributed by atoms with van der Waals surface area (Å²) in [4.78, 5) is 3.42. The monoisotopic (exact) mass is 269 g/mol. The van der Waals surface area contributed by atoms with Gasteiger partial charge >= 0.3 is 0 Å². The molecule has 0 amide bonds. The SMILES string of the molecule is S=c1cc2c(c(CCc3ccccc3)[nH]1)CCCC2. The molecule has 0 saturated carbocycles. The van der Waals surface area contributed by atoms with Gasteiger partial charge in [-0.3, -0.25) is 0 Å². The third-order valence-electron chi connectivity index (χ3n) is 3.96. The van der Waals surface area contributed by atoms with Gasteiger partial charge in [0.15, 0.2) is 0 Å². The summed E-state index contributed by atoms with van der Waals surface area (Å²) in [6, 6.07) is 12.8. The molecule has 0 fully saturated rings. The molecule has 1 aromatic carbocycles. The Balaban J connectivity index is 1.84. The van der Waals surface area contributed by atoms with Gasteiger partial charge in [0, 0.05) is 5.69 Å². The first-order chi connectivity index (χ1) is 9.33. The van der Waals surface area contributed by atoms with Crippen LogP contribution in [0, 0.1) is 4.64 Å². The molecule has 2 heteroatoms. The van der Waals surface area contributed by atoms with Crippen LogP contribution in [0.2, 0.25) is 0 Å². The summed E-state index contributed by atoms with van der Waals surface area (Å²) < 4.78 is 0.892. The highest BCUT2D eigenvalue weighted by Gasteiger charge is 2.13. The molecule has 3 rings (SSSR count). The summed E-state index contributed by atoms with van der Waals surface area (Å²) in [5.41, 5.74) is 5.79. The summed E-state index contributed by atoms with van der Waals surface area (Å²) in [6.45, 7) is 0. The summed E-state index contributed by atoms with van der Waals surface area (Å²) in [6.07, 6.45) is 7.19. The average Bonchev–Trinajstić information content (AvgIpc) is 2.45. The van der Waals surface area contributed by atoms with Gasteiger partial charge in [-0.15, -0.1) is 0 Å². The van der Waals surface area contributed by atoms with Crippen LogP contribution in [0.15, 0.2) is 36.4 Å². The van der Waals surface area contributed by atoms with Crippen LogP contribution in [0.5, 0.6) is 0 Å². The Hall–Kier alpha value is -1.41. The minimum Gasteiger partial charge on any atom is -0.350 e. The minimum absolute atomic E-state index is 0.892. The minimum atomic E-state index is 0.892. The largest absolute Gasteiger partial charge is 0.350 e. The summed E-state index contributed by atoms with van der Waals surface area (Å²) in [7, 11) is 0. The first kappa shape index (κ1) is 12.6. The highest BCUT2D eigenvalue weighted by molar-refractivity contribution is 7.71. The van der Waals surface area contributed by atoms with E-state index in [1.807, 2.05) is 0 Å². The van der Waals surface area contributed by atoms with E-state index in [1.165, 1.54) is 48.1 Å². The lowest BCUT2D eigenvalue weighted by Gasteiger charge is -2.19. The Labute approximate surface area is 119 Å². The topological polar surface area (TPSA) is 15.8 Å². The smallest absolute Gasteiger partial charge is 0.103 e. The van der Waals surface area contributed by atoms with Crippen LogP contribution >= 0.6 is 12.2 Å². The first-order valence-corrected chi connectivity index (χ1v) is 7.51. The average molecular weight is 269 g/mol. The molecule has 1 aliphatic rings. The lowest BCUT2D eigenvalue weighted by molar-refractivity contribution is 0.669. The van der Waals surface area contributed by atoms with E-state index in [1.54, 1.807) is 0 Å². The molecule has 98 valence electrons. The number of benzene rings is 1. The van der Waals surface area contributed by atoms with E-state index in [4.69, 9.17) is 12.2 Å². The summed E-state index contributed by atoms with van der Waals surface area (Å²) in [5, 5.41) is 0. The van der Waals surface area contributed by atoms with Crippen molar-refractivity contribution in [3.63, 3.8) is 0 Å². The summed E-state index contributed by atoms with van der Waals surface area (Å²) in [5.74, 6) is 0. The molecule has 1 aromatic heterocycles. The summed E-state index contributed by atoms with van der Waals surface area (Å²) >= 11 is 5.36. The van der Waals surface area contributed by atoms with Crippen LogP contribution < -0.4 is 0 Å². The van der Waals surface area contributed by atoms with Crippen LogP contribution in [-0.2, 0) is 25.7 Å². The number of hydrogen-bond donors (Lipinski definition) is 1. The number of H-pyrrole nitrogens is 1. The fourth-order valence-corrected chi connectivity index (χ4v) is 3.24. The molecule has 1 aliphatic carbocycles. The third-order valence-corrected chi connectivity index (χ3v) is 4.18. The van der Waals surface area contributed by atoms with Crippen molar-refractivity contribution in [3.05, 3.63) is 63.4 Å². The Morgan fingerprint density at radius 1 is 1.00 bits per heavy atom. The number of nitrogens with one attached hydrogen (secondary N) is 1. The quantitative estimate of drug-likeness (QED) is 0.816. The molecule has 0 bridgehead atoms. The van der Waals surface area contributed by atoms with Crippen molar-refractivity contribution >= 4 is 12.2 Å². The zero-order valence-electron chi connectivity index (χ0n) is 11.1. The lowest BCUT2D eigenvalue weighted by atomic mass is 9.89. The third kappa shape index (κ3) is 2.95. The molecule has 0 atom stereocenters. The maximum absolute atomic E-state index is 5.36. The van der Waals surface area contributed by atoms with Crippen LogP contribution in [0.3, 0.4) is 0 Å². The molecule has 0 unspecified atom stereocenters. The van der Waals surface area contributed by atoms with E-state index in [-0.39, 0.29) is 0 Å². The molecule has 0 radical (unpaired) electrons. The Kier molecular flexibility index (Phi) is 3.79. The van der Waals surface area contributed by atoms with Gasteiger partial charge < -0.3 is 4.98 Å². The predicted octanol–water partition coefficient (Wildman–Crippen LogP) is 4.41. The molecule has 0 aliphatic heterocycles. The molecular formula is C17H19NS. The zero-order chi connectivity index (χ0) is 13.1. The van der Waals surface area contributed by atoms with E-state index < -0.39 is 0 Å². The van der Waals surface area contributed by atoms with Crippen molar-refractivity contribution in [3.8, 4) is 0 Å². The molecule has 19 heavy (non-hydrogen) atoms. The molecule has 0 spiro atoms. The Morgan fingerprint density at radius 2 is 1.79 bits per heavy atom. The number of rotatable bonds is 3. The lowest BCUT2D eigenvalue weighted by Crippen LogP contribution is -2.09. The standard InChI is InChI=1S/C17H19NS/c19-17-12-14-8-4-5-9-15(14)16(18-17)11-10-13-6-2-1-3-7-13/h1-3,6-7,12H,4-5,8-11H2,(H,18,19). The second-order valence-electron chi connectivity index (χ2n) is 5.31. The van der Waals surface area contributed by atoms with E-state index in [0.717, 1.165) is 17.5 Å². The van der Waals surface area contributed by atoms with Crippen molar-refractivity contribution in [2.75, 3.05) is 0 Å². The number of pyridine rings is 1. The second-order valence-corrected chi connectivity index (χ2v) is 5.75. The Morgan fingerprint density at radius 3 is 2.63 bits per heavy atom. The zero-order valence-corrected chi connectivity index (χ0v) is 11.9. The van der Waals surface area contributed by atoms with Gasteiger partial charge in [-0.1, -0.05) is 42.5 Å². The molecule has 1 heterocycles. The van der Waals surface area contributed by atoms with Gasteiger partial charge in [-0.25, -0.2) is 0 Å². The Bertz CT molecular complexity index is 613. The van der Waals surface area contributed by atoms with Gasteiger partial charge in [0.05, 0.1) is 0 Å². The molecule has 2 aromatic rings. The fraction of sp³-hybridized carbons (Fsp3) is 0.353. The predicted molar refractivity (Wildman–Crippen MR) is 82.1 cm³/mol. The second kappa shape index (κ2) is 5.70. The number of aryl methyl sites for hydroxylation is 3. The number of aromatic amines is 1. The first-order valence-electron chi connectivity index (χ1n) is 7.11. The van der Waals surface area contributed by atoms with Gasteiger partial charge in [0.2, 0.25) is 0 Å². The normalized spacial score (nSPS) is 14.1. The highest BCUT2D eigenvalue weighted by atomic mass is 32.1. The van der Waals surface area contributed by atoms with Gasteiger partial charge in [-0.05, 0) is 61.3 Å². The molecule has 1 nitrogen and oxygen atoms in total. The van der Waals surface area contributed by atoms with E-state index >= 15 is 0 Å². The van der Waals surface area contributed by atoms with Gasteiger partial charge in [0.25, 0.3) is 0 Å². The van der Waals surface area contributed by atoms with Crippen molar-refractivity contribution in [2.24, 2.45) is 0 Å². The van der Waals surface area contributed by atoms with Crippen LogP contribution in [0.1, 0.15) is 35.2 Å².